The molecule has 6 nitrogen and oxygen atoms in total. The molecule has 3 rings (SSSR count). The van der Waals surface area contributed by atoms with E-state index >= 15 is 0 Å². The number of ether oxygens (including phenoxy) is 2. The summed E-state index contributed by atoms with van der Waals surface area (Å²) in [4.78, 5) is 29.8. The number of aliphatic imine (C=N–C) groups is 1. The van der Waals surface area contributed by atoms with Crippen molar-refractivity contribution in [3.63, 3.8) is 0 Å². The number of methoxy groups -OCH3 is 2. The molecule has 2 aromatic rings. The summed E-state index contributed by atoms with van der Waals surface area (Å²) in [7, 11) is 2.62. The Labute approximate surface area is 205 Å². The number of nitrogens with zero attached hydrogens (tertiary/aromatic N) is 1. The van der Waals surface area contributed by atoms with Crippen molar-refractivity contribution in [2.75, 3.05) is 19.5 Å². The van der Waals surface area contributed by atoms with Crippen molar-refractivity contribution in [2.45, 2.75) is 18.9 Å². The van der Waals surface area contributed by atoms with Crippen LogP contribution in [-0.2, 0) is 19.1 Å². The lowest BCUT2D eigenvalue weighted by molar-refractivity contribution is -0.148. The van der Waals surface area contributed by atoms with E-state index in [0.717, 1.165) is 0 Å². The zero-order valence-corrected chi connectivity index (χ0v) is 20.2. The third kappa shape index (κ3) is 5.67. The normalized spacial score (nSPS) is 21.8. The van der Waals surface area contributed by atoms with Gasteiger partial charge >= 0.3 is 11.9 Å². The van der Waals surface area contributed by atoms with Crippen LogP contribution in [-0.4, -0.2) is 37.9 Å². The van der Waals surface area contributed by atoms with Gasteiger partial charge < -0.3 is 14.8 Å². The van der Waals surface area contributed by atoms with Crippen LogP contribution in [0.3, 0.4) is 0 Å². The van der Waals surface area contributed by atoms with Gasteiger partial charge in [0.1, 0.15) is 0 Å². The summed E-state index contributed by atoms with van der Waals surface area (Å²) >= 11 is 24.5. The number of anilines is 1. The van der Waals surface area contributed by atoms with Crippen LogP contribution in [0.1, 0.15) is 12.8 Å². The van der Waals surface area contributed by atoms with Gasteiger partial charge in [-0.1, -0.05) is 46.4 Å². The highest BCUT2D eigenvalue weighted by atomic mass is 35.5. The van der Waals surface area contributed by atoms with Gasteiger partial charge in [-0.25, -0.2) is 0 Å². The first-order chi connectivity index (χ1) is 15.2. The summed E-state index contributed by atoms with van der Waals surface area (Å²) in [5.41, 5.74) is 1.49. The minimum atomic E-state index is -0.698. The van der Waals surface area contributed by atoms with Gasteiger partial charge in [0, 0.05) is 28.2 Å². The average molecular weight is 518 g/mol. The SMILES string of the molecule is COC(=O)C1CC(Nc2ccc(Cl)cc2Cl)C(C(=O)OC)CC1=Nc1ccc(Cl)cc1Cl. The van der Waals surface area contributed by atoms with Crippen molar-refractivity contribution in [3.8, 4) is 0 Å². The molecule has 170 valence electrons. The van der Waals surface area contributed by atoms with Crippen molar-refractivity contribution in [1.82, 2.24) is 0 Å². The van der Waals surface area contributed by atoms with Crippen LogP contribution >= 0.6 is 46.4 Å². The van der Waals surface area contributed by atoms with Gasteiger partial charge in [0.05, 0.1) is 47.5 Å². The second-order valence-corrected chi connectivity index (χ2v) is 8.91. The Kier molecular flexibility index (Phi) is 8.28. The summed E-state index contributed by atoms with van der Waals surface area (Å²) in [6.07, 6.45) is 0.393. The molecular formula is C22H20Cl4N2O4. The van der Waals surface area contributed by atoms with Crippen LogP contribution < -0.4 is 5.32 Å². The highest BCUT2D eigenvalue weighted by Gasteiger charge is 2.43. The fourth-order valence-electron chi connectivity index (χ4n) is 3.65. The van der Waals surface area contributed by atoms with Gasteiger partial charge in [-0.2, -0.15) is 0 Å². The molecule has 0 radical (unpaired) electrons. The Morgan fingerprint density at radius 1 is 0.938 bits per heavy atom. The number of hydrogen-bond donors (Lipinski definition) is 1. The van der Waals surface area contributed by atoms with Gasteiger partial charge in [0.25, 0.3) is 0 Å². The van der Waals surface area contributed by atoms with Crippen molar-refractivity contribution in [2.24, 2.45) is 16.8 Å². The Hall–Kier alpha value is -1.99. The number of benzene rings is 2. The molecule has 1 saturated carbocycles. The highest BCUT2D eigenvalue weighted by molar-refractivity contribution is 6.37. The van der Waals surface area contributed by atoms with Crippen LogP contribution in [0.15, 0.2) is 41.4 Å². The van der Waals surface area contributed by atoms with Crippen LogP contribution in [0, 0.1) is 11.8 Å². The molecule has 0 spiro atoms. The lowest BCUT2D eigenvalue weighted by Gasteiger charge is -2.35. The second kappa shape index (κ2) is 10.8. The highest BCUT2D eigenvalue weighted by Crippen LogP contribution is 2.36. The molecular weight excluding hydrogens is 498 g/mol. The van der Waals surface area contributed by atoms with Crippen LogP contribution in [0.2, 0.25) is 20.1 Å². The Morgan fingerprint density at radius 3 is 2.16 bits per heavy atom. The average Bonchev–Trinajstić information content (AvgIpc) is 2.76. The summed E-state index contributed by atoms with van der Waals surface area (Å²) < 4.78 is 10.0. The Bertz CT molecular complexity index is 1060. The van der Waals surface area contributed by atoms with E-state index in [4.69, 9.17) is 55.9 Å². The first-order valence-electron chi connectivity index (χ1n) is 9.63. The number of rotatable bonds is 5. The zero-order valence-electron chi connectivity index (χ0n) is 17.2. The predicted octanol–water partition coefficient (Wildman–Crippen LogP) is 6.23. The maximum absolute atomic E-state index is 12.6. The minimum absolute atomic E-state index is 0.161. The fourth-order valence-corrected chi connectivity index (χ4v) is 4.57. The second-order valence-electron chi connectivity index (χ2n) is 7.22. The standard InChI is InChI=1S/C22H20Cl4N2O4/c1-31-21(29)13-9-20(28-18-6-4-12(24)8-16(18)26)14(22(30)32-2)10-19(13)27-17-5-3-11(23)7-15(17)25/h3-8,13-14,19,27H,9-10H2,1-2H3. The number of esters is 2. The van der Waals surface area contributed by atoms with E-state index in [1.54, 1.807) is 36.4 Å². The summed E-state index contributed by atoms with van der Waals surface area (Å²) in [5.74, 6) is -2.23. The van der Waals surface area contributed by atoms with Gasteiger partial charge in [-0.3, -0.25) is 14.6 Å². The maximum Gasteiger partial charge on any atom is 0.314 e. The van der Waals surface area contributed by atoms with Crippen molar-refractivity contribution >= 4 is 75.4 Å². The topological polar surface area (TPSA) is 77.0 Å². The molecule has 3 unspecified atom stereocenters. The molecule has 3 atom stereocenters. The van der Waals surface area contributed by atoms with E-state index in [0.29, 0.717) is 37.2 Å². The van der Waals surface area contributed by atoms with Crippen LogP contribution in [0.4, 0.5) is 11.4 Å². The molecule has 2 aromatic carbocycles. The first kappa shape index (κ1) is 24.6. The van der Waals surface area contributed by atoms with Gasteiger partial charge in [-0.15, -0.1) is 0 Å². The van der Waals surface area contributed by atoms with E-state index in [1.807, 2.05) is 0 Å². The fraction of sp³-hybridized carbons (Fsp3) is 0.318. The third-order valence-electron chi connectivity index (χ3n) is 5.24. The van der Waals surface area contributed by atoms with Gasteiger partial charge in [-0.05, 0) is 42.8 Å². The molecule has 1 aliphatic rings. The van der Waals surface area contributed by atoms with E-state index in [1.165, 1.54) is 14.2 Å². The molecule has 0 aromatic heterocycles. The number of halogens is 4. The van der Waals surface area contributed by atoms with Gasteiger partial charge in [0.2, 0.25) is 0 Å². The first-order valence-corrected chi connectivity index (χ1v) is 11.1. The molecule has 1 aliphatic carbocycles. The quantitative estimate of drug-likeness (QED) is 0.476. The summed E-state index contributed by atoms with van der Waals surface area (Å²) in [6, 6.07) is 9.37. The van der Waals surface area contributed by atoms with Crippen LogP contribution in [0.25, 0.3) is 0 Å². The van der Waals surface area contributed by atoms with Crippen molar-refractivity contribution < 1.29 is 19.1 Å². The van der Waals surface area contributed by atoms with E-state index in [-0.39, 0.29) is 12.8 Å². The van der Waals surface area contributed by atoms with Gasteiger partial charge in [0.15, 0.2) is 0 Å². The van der Waals surface area contributed by atoms with E-state index in [9.17, 15) is 9.59 Å². The molecule has 1 fully saturated rings. The summed E-state index contributed by atoms with van der Waals surface area (Å²) in [6.45, 7) is 0. The van der Waals surface area contributed by atoms with E-state index in [2.05, 4.69) is 10.3 Å². The monoisotopic (exact) mass is 516 g/mol. The van der Waals surface area contributed by atoms with Crippen LogP contribution in [0.5, 0.6) is 0 Å². The Balaban J connectivity index is 1.99. The lowest BCUT2D eigenvalue weighted by Crippen LogP contribution is -2.46. The minimum Gasteiger partial charge on any atom is -0.469 e. The predicted molar refractivity (Wildman–Crippen MR) is 128 cm³/mol. The van der Waals surface area contributed by atoms with Crippen molar-refractivity contribution in [1.29, 1.82) is 0 Å². The molecule has 32 heavy (non-hydrogen) atoms. The van der Waals surface area contributed by atoms with Crippen molar-refractivity contribution in [3.05, 3.63) is 56.5 Å². The molecule has 1 N–H and O–H groups in total. The zero-order chi connectivity index (χ0) is 23.4. The number of carbonyl (C=O) groups excluding carboxylic acids is 2. The molecule has 0 amide bonds. The molecule has 0 aliphatic heterocycles. The largest absolute Gasteiger partial charge is 0.469 e. The molecule has 0 saturated heterocycles. The van der Waals surface area contributed by atoms with E-state index < -0.39 is 29.8 Å². The molecule has 0 bridgehead atoms. The Morgan fingerprint density at radius 2 is 1.56 bits per heavy atom. The maximum atomic E-state index is 12.6. The number of carbonyl (C=O) groups is 2. The molecule has 10 heteroatoms. The summed E-state index contributed by atoms with van der Waals surface area (Å²) in [5, 5.41) is 4.92. The lowest BCUT2D eigenvalue weighted by atomic mass is 9.76. The number of nitrogens with one attached hydrogen (secondary N) is 1. The smallest absolute Gasteiger partial charge is 0.314 e. The number of hydrogen-bond acceptors (Lipinski definition) is 6. The molecule has 0 heterocycles. The third-order valence-corrected chi connectivity index (χ3v) is 6.33.